The van der Waals surface area contributed by atoms with Gasteiger partial charge in [0.25, 0.3) is 0 Å². The van der Waals surface area contributed by atoms with Crippen LogP contribution in [0.15, 0.2) is 53.9 Å². The first-order valence-corrected chi connectivity index (χ1v) is 8.33. The molecule has 7 nitrogen and oxygen atoms in total. The van der Waals surface area contributed by atoms with Crippen LogP contribution in [0.25, 0.3) is 16.6 Å². The zero-order valence-corrected chi connectivity index (χ0v) is 14.6. The number of aromatic nitrogens is 4. The molecule has 0 saturated carbocycles. The highest BCUT2D eigenvalue weighted by molar-refractivity contribution is 5.85. The quantitative estimate of drug-likeness (QED) is 0.487. The average Bonchev–Trinajstić information content (AvgIpc) is 3.12. The largest absolute Gasteiger partial charge is 0.573 e. The molecular formula is C19H11F3N6O. The van der Waals surface area contributed by atoms with E-state index in [4.69, 9.17) is 5.26 Å². The topological polar surface area (TPSA) is 88.5 Å². The molecule has 3 heterocycles. The van der Waals surface area contributed by atoms with Crippen LogP contribution in [0.1, 0.15) is 11.3 Å². The number of rotatable bonds is 4. The summed E-state index contributed by atoms with van der Waals surface area (Å²) in [5.41, 5.74) is 2.78. The molecule has 0 amide bonds. The minimum Gasteiger partial charge on any atom is -0.406 e. The molecule has 144 valence electrons. The molecule has 4 rings (SSSR count). The maximum Gasteiger partial charge on any atom is 0.573 e. The lowest BCUT2D eigenvalue weighted by Crippen LogP contribution is -2.16. The number of pyridine rings is 1. The predicted molar refractivity (Wildman–Crippen MR) is 98.0 cm³/mol. The van der Waals surface area contributed by atoms with E-state index in [0.717, 1.165) is 10.9 Å². The van der Waals surface area contributed by atoms with Crippen LogP contribution in [0.5, 0.6) is 5.75 Å². The van der Waals surface area contributed by atoms with Gasteiger partial charge in [0.05, 0.1) is 23.1 Å². The normalized spacial score (nSPS) is 11.9. The molecule has 0 aliphatic heterocycles. The van der Waals surface area contributed by atoms with Gasteiger partial charge in [0.15, 0.2) is 5.65 Å². The van der Waals surface area contributed by atoms with E-state index in [1.54, 1.807) is 29.2 Å². The fraction of sp³-hybridized carbons (Fsp3) is 0.105. The highest BCUT2D eigenvalue weighted by atomic mass is 19.4. The second-order valence-electron chi connectivity index (χ2n) is 5.91. The Morgan fingerprint density at radius 2 is 1.93 bits per heavy atom. The van der Waals surface area contributed by atoms with E-state index in [1.807, 2.05) is 6.07 Å². The Balaban J connectivity index is 1.56. The highest BCUT2D eigenvalue weighted by Gasteiger charge is 2.30. The maximum absolute atomic E-state index is 12.2. The summed E-state index contributed by atoms with van der Waals surface area (Å²) in [4.78, 5) is 12.9. The van der Waals surface area contributed by atoms with Gasteiger partial charge in [-0.25, -0.2) is 9.50 Å². The Labute approximate surface area is 161 Å². The van der Waals surface area contributed by atoms with Crippen molar-refractivity contribution in [1.29, 1.82) is 5.26 Å². The zero-order valence-electron chi connectivity index (χ0n) is 14.6. The fourth-order valence-electron chi connectivity index (χ4n) is 2.81. The summed E-state index contributed by atoms with van der Waals surface area (Å²) < 4.78 is 42.0. The molecule has 4 aromatic rings. The average molecular weight is 396 g/mol. The van der Waals surface area contributed by atoms with Crippen molar-refractivity contribution in [3.8, 4) is 11.8 Å². The summed E-state index contributed by atoms with van der Waals surface area (Å²) in [7, 11) is 0. The van der Waals surface area contributed by atoms with Gasteiger partial charge in [-0.2, -0.15) is 10.4 Å². The number of hydrogen-bond acceptors (Lipinski definition) is 6. The van der Waals surface area contributed by atoms with Gasteiger partial charge in [0.2, 0.25) is 0 Å². The van der Waals surface area contributed by atoms with Crippen LogP contribution in [0.2, 0.25) is 0 Å². The third kappa shape index (κ3) is 3.84. The van der Waals surface area contributed by atoms with Crippen LogP contribution in [0.3, 0.4) is 0 Å². The van der Waals surface area contributed by atoms with E-state index in [1.165, 1.54) is 30.5 Å². The first-order valence-electron chi connectivity index (χ1n) is 8.33. The van der Waals surface area contributed by atoms with Crippen molar-refractivity contribution in [2.24, 2.45) is 4.99 Å². The number of halogens is 3. The van der Waals surface area contributed by atoms with Gasteiger partial charge in [-0.05, 0) is 30.3 Å². The number of fused-ring (bicyclic) bond motifs is 3. The third-order valence-corrected chi connectivity index (χ3v) is 4.05. The Morgan fingerprint density at radius 3 is 2.66 bits per heavy atom. The minimum atomic E-state index is -4.73. The van der Waals surface area contributed by atoms with Crippen molar-refractivity contribution in [3.63, 3.8) is 0 Å². The van der Waals surface area contributed by atoms with Crippen molar-refractivity contribution < 1.29 is 17.9 Å². The van der Waals surface area contributed by atoms with Gasteiger partial charge in [-0.15, -0.1) is 13.2 Å². The van der Waals surface area contributed by atoms with Crippen molar-refractivity contribution in [2.45, 2.75) is 12.8 Å². The molecule has 0 N–H and O–H groups in total. The van der Waals surface area contributed by atoms with Gasteiger partial charge < -0.3 is 4.74 Å². The smallest absolute Gasteiger partial charge is 0.406 e. The van der Waals surface area contributed by atoms with Gasteiger partial charge in [0, 0.05) is 30.4 Å². The molecule has 1 aromatic carbocycles. The Hall–Kier alpha value is -4.00. The summed E-state index contributed by atoms with van der Waals surface area (Å²) in [5.74, 6) is -0.307. The molecule has 10 heteroatoms. The summed E-state index contributed by atoms with van der Waals surface area (Å²) in [5, 5.41) is 14.1. The molecule has 29 heavy (non-hydrogen) atoms. The SMILES string of the molecule is N#Cc1cnn2c1ncc1c(CC=Nc3ccc(OC(F)(F)F)cc3)nccc12. The third-order valence-electron chi connectivity index (χ3n) is 4.05. The lowest BCUT2D eigenvalue weighted by Gasteiger charge is -2.08. The van der Waals surface area contributed by atoms with E-state index >= 15 is 0 Å². The van der Waals surface area contributed by atoms with Gasteiger partial charge in [0.1, 0.15) is 17.4 Å². The van der Waals surface area contributed by atoms with Crippen LogP contribution in [-0.2, 0) is 6.42 Å². The van der Waals surface area contributed by atoms with Crippen LogP contribution >= 0.6 is 0 Å². The maximum atomic E-state index is 12.2. The van der Waals surface area contributed by atoms with Crippen LogP contribution < -0.4 is 4.74 Å². The first-order chi connectivity index (χ1) is 13.9. The lowest BCUT2D eigenvalue weighted by atomic mass is 10.2. The van der Waals surface area contributed by atoms with E-state index in [2.05, 4.69) is 24.8 Å². The molecule has 0 unspecified atom stereocenters. The van der Waals surface area contributed by atoms with E-state index in [-0.39, 0.29) is 5.75 Å². The lowest BCUT2D eigenvalue weighted by molar-refractivity contribution is -0.274. The van der Waals surface area contributed by atoms with Gasteiger partial charge >= 0.3 is 6.36 Å². The summed E-state index contributed by atoms with van der Waals surface area (Å²) in [6.45, 7) is 0. The van der Waals surface area contributed by atoms with Crippen LogP contribution in [-0.4, -0.2) is 32.2 Å². The Morgan fingerprint density at radius 1 is 1.14 bits per heavy atom. The first kappa shape index (κ1) is 18.4. The number of nitriles is 1. The fourth-order valence-corrected chi connectivity index (χ4v) is 2.81. The summed E-state index contributed by atoms with van der Waals surface area (Å²) in [6, 6.07) is 9.06. The molecule has 0 spiro atoms. The van der Waals surface area contributed by atoms with Gasteiger partial charge in [-0.3, -0.25) is 9.98 Å². The van der Waals surface area contributed by atoms with Crippen LogP contribution in [0.4, 0.5) is 18.9 Å². The number of aliphatic imine (C=N–C) groups is 1. The molecule has 3 aromatic heterocycles. The number of hydrogen-bond donors (Lipinski definition) is 0. The molecule has 0 aliphatic rings. The van der Waals surface area contributed by atoms with Crippen molar-refractivity contribution >= 4 is 28.5 Å². The zero-order chi connectivity index (χ0) is 20.4. The van der Waals surface area contributed by atoms with Gasteiger partial charge in [-0.1, -0.05) is 0 Å². The molecule has 0 aliphatic carbocycles. The second kappa shape index (κ2) is 7.20. The van der Waals surface area contributed by atoms with E-state index in [9.17, 15) is 13.2 Å². The Bertz CT molecular complexity index is 1260. The molecule has 0 radical (unpaired) electrons. The second-order valence-corrected chi connectivity index (χ2v) is 5.91. The monoisotopic (exact) mass is 396 g/mol. The molecule has 0 fully saturated rings. The summed E-state index contributed by atoms with van der Waals surface area (Å²) in [6.07, 6.45) is 1.96. The standard InChI is InChI=1S/C19H11F3N6O/c20-19(21,22)29-14-3-1-13(2-4-14)24-7-5-16-15-11-26-18-12(9-23)10-27-28(18)17(15)6-8-25-16/h1-4,6-8,10-11H,5H2. The molecule has 0 saturated heterocycles. The molecular weight excluding hydrogens is 385 g/mol. The number of alkyl halides is 3. The van der Waals surface area contributed by atoms with Crippen molar-refractivity contribution in [1.82, 2.24) is 19.6 Å². The molecule has 0 bridgehead atoms. The number of nitrogens with zero attached hydrogens (tertiary/aromatic N) is 6. The number of benzene rings is 1. The predicted octanol–water partition coefficient (Wildman–Crippen LogP) is 3.99. The molecule has 0 atom stereocenters. The number of ether oxygens (including phenoxy) is 1. The highest BCUT2D eigenvalue weighted by Crippen LogP contribution is 2.25. The van der Waals surface area contributed by atoms with E-state index < -0.39 is 6.36 Å². The van der Waals surface area contributed by atoms with Crippen LogP contribution in [0, 0.1) is 11.3 Å². The van der Waals surface area contributed by atoms with Crippen molar-refractivity contribution in [2.75, 3.05) is 0 Å². The van der Waals surface area contributed by atoms with Crippen molar-refractivity contribution in [3.05, 3.63) is 60.2 Å². The summed E-state index contributed by atoms with van der Waals surface area (Å²) >= 11 is 0. The minimum absolute atomic E-state index is 0.307. The Kier molecular flexibility index (Phi) is 4.56. The van der Waals surface area contributed by atoms with E-state index in [0.29, 0.717) is 29.0 Å².